The van der Waals surface area contributed by atoms with Gasteiger partial charge in [-0.05, 0) is 24.3 Å². The van der Waals surface area contributed by atoms with Crippen LogP contribution in [0.1, 0.15) is 0 Å². The van der Waals surface area contributed by atoms with Crippen molar-refractivity contribution in [2.45, 2.75) is 4.90 Å². The summed E-state index contributed by atoms with van der Waals surface area (Å²) in [5.41, 5.74) is 1.91. The molecule has 0 radical (unpaired) electrons. The minimum atomic E-state index is -3.94. The first kappa shape index (κ1) is 18.6. The highest BCUT2D eigenvalue weighted by atomic mass is 35.5. The molecule has 0 aliphatic heterocycles. The Morgan fingerprint density at radius 2 is 1.81 bits per heavy atom. The number of hydrogen-bond acceptors (Lipinski definition) is 4. The third kappa shape index (κ3) is 3.66. The third-order valence-corrected chi connectivity index (χ3v) is 7.11. The van der Waals surface area contributed by atoms with E-state index >= 15 is 0 Å². The van der Waals surface area contributed by atoms with E-state index in [1.807, 2.05) is 28.2 Å². The number of thiazole rings is 1. The van der Waals surface area contributed by atoms with Gasteiger partial charge >= 0.3 is 0 Å². The second-order valence-corrected chi connectivity index (χ2v) is 9.35. The molecule has 2 aromatic carbocycles. The summed E-state index contributed by atoms with van der Waals surface area (Å²) in [5.74, 6) is 0. The average Bonchev–Trinajstić information content (AvgIpc) is 3.19. The third-order valence-electron chi connectivity index (χ3n) is 3.77. The van der Waals surface area contributed by atoms with Crippen LogP contribution in [-0.4, -0.2) is 17.8 Å². The highest BCUT2D eigenvalue weighted by Crippen LogP contribution is 2.33. The summed E-state index contributed by atoms with van der Waals surface area (Å²) in [4.78, 5) is 5.24. The summed E-state index contributed by atoms with van der Waals surface area (Å²) in [5, 5.41) is 2.22. The maximum absolute atomic E-state index is 12.7. The molecular formula is C17H10Cl3N3O2S2. The normalized spacial score (nSPS) is 11.8. The van der Waals surface area contributed by atoms with Crippen LogP contribution in [-0.2, 0) is 10.0 Å². The molecule has 0 fully saturated rings. The number of hydrogen-bond donors (Lipinski definition) is 1. The molecule has 0 saturated carbocycles. The van der Waals surface area contributed by atoms with Crippen molar-refractivity contribution < 1.29 is 8.42 Å². The number of benzene rings is 2. The summed E-state index contributed by atoms with van der Waals surface area (Å²) in [7, 11) is -3.94. The Morgan fingerprint density at radius 3 is 2.59 bits per heavy atom. The number of aromatic nitrogens is 2. The molecule has 5 nitrogen and oxygen atoms in total. The molecule has 0 amide bonds. The van der Waals surface area contributed by atoms with E-state index < -0.39 is 10.0 Å². The molecular weight excluding hydrogens is 449 g/mol. The van der Waals surface area contributed by atoms with Gasteiger partial charge in [0.1, 0.15) is 4.90 Å². The van der Waals surface area contributed by atoms with E-state index in [0.29, 0.717) is 5.69 Å². The number of sulfonamides is 1. The van der Waals surface area contributed by atoms with Gasteiger partial charge < -0.3 is 0 Å². The van der Waals surface area contributed by atoms with Crippen LogP contribution in [0.3, 0.4) is 0 Å². The molecule has 0 bridgehead atoms. The predicted molar refractivity (Wildman–Crippen MR) is 111 cm³/mol. The number of nitrogens with zero attached hydrogens (tertiary/aromatic N) is 2. The van der Waals surface area contributed by atoms with Crippen LogP contribution in [0.5, 0.6) is 0 Å². The number of fused-ring (bicyclic) bond motifs is 1. The topological polar surface area (TPSA) is 63.5 Å². The molecule has 0 unspecified atom stereocenters. The van der Waals surface area contributed by atoms with Crippen molar-refractivity contribution in [1.29, 1.82) is 0 Å². The molecule has 0 aliphatic rings. The van der Waals surface area contributed by atoms with Crippen molar-refractivity contribution in [3.05, 3.63) is 69.2 Å². The first-order valence-electron chi connectivity index (χ1n) is 7.53. The van der Waals surface area contributed by atoms with Gasteiger partial charge in [-0.25, -0.2) is 13.4 Å². The van der Waals surface area contributed by atoms with Gasteiger partial charge in [-0.15, -0.1) is 11.3 Å². The lowest BCUT2D eigenvalue weighted by atomic mass is 10.1. The molecule has 0 saturated heterocycles. The number of nitrogens with one attached hydrogen (secondary N) is 1. The number of anilines is 1. The molecule has 10 heteroatoms. The first-order chi connectivity index (χ1) is 12.8. The van der Waals surface area contributed by atoms with Crippen LogP contribution in [0.15, 0.2) is 59.1 Å². The van der Waals surface area contributed by atoms with Gasteiger partial charge in [0.25, 0.3) is 10.0 Å². The monoisotopic (exact) mass is 457 g/mol. The van der Waals surface area contributed by atoms with Gasteiger partial charge in [0.15, 0.2) is 4.96 Å². The van der Waals surface area contributed by atoms with E-state index in [1.165, 1.54) is 23.5 Å². The van der Waals surface area contributed by atoms with E-state index in [9.17, 15) is 8.42 Å². The minimum Gasteiger partial charge on any atom is -0.297 e. The molecule has 0 spiro atoms. The van der Waals surface area contributed by atoms with E-state index in [1.54, 1.807) is 18.2 Å². The molecule has 0 aliphatic carbocycles. The second kappa shape index (κ2) is 7.00. The van der Waals surface area contributed by atoms with Crippen LogP contribution in [0.2, 0.25) is 15.1 Å². The lowest BCUT2D eigenvalue weighted by Gasteiger charge is -2.11. The van der Waals surface area contributed by atoms with Crippen LogP contribution in [0, 0.1) is 0 Å². The van der Waals surface area contributed by atoms with Crippen molar-refractivity contribution in [3.63, 3.8) is 0 Å². The summed E-state index contributed by atoms with van der Waals surface area (Å²) in [6.07, 6.45) is 3.80. The van der Waals surface area contributed by atoms with Crippen molar-refractivity contribution >= 4 is 66.8 Å². The van der Waals surface area contributed by atoms with E-state index in [-0.39, 0.29) is 20.0 Å². The first-order valence-corrected chi connectivity index (χ1v) is 11.0. The van der Waals surface area contributed by atoms with Crippen molar-refractivity contribution in [2.75, 3.05) is 4.72 Å². The van der Waals surface area contributed by atoms with E-state index in [0.717, 1.165) is 16.2 Å². The summed E-state index contributed by atoms with van der Waals surface area (Å²) in [6.45, 7) is 0. The fraction of sp³-hybridized carbons (Fsp3) is 0. The molecule has 27 heavy (non-hydrogen) atoms. The second-order valence-electron chi connectivity index (χ2n) is 5.60. The minimum absolute atomic E-state index is 0.0117. The number of halogens is 3. The van der Waals surface area contributed by atoms with Crippen LogP contribution in [0.25, 0.3) is 16.2 Å². The molecule has 4 aromatic rings. The Hall–Kier alpha value is -1.77. The molecule has 2 aromatic heterocycles. The molecule has 4 rings (SSSR count). The van der Waals surface area contributed by atoms with E-state index in [4.69, 9.17) is 34.8 Å². The highest BCUT2D eigenvalue weighted by Gasteiger charge is 2.20. The molecule has 0 atom stereocenters. The van der Waals surface area contributed by atoms with Crippen molar-refractivity contribution in [2.24, 2.45) is 0 Å². The highest BCUT2D eigenvalue weighted by molar-refractivity contribution is 7.92. The maximum atomic E-state index is 12.7. The Labute approximate surface area is 174 Å². The standard InChI is InChI=1S/C17H10Cl3N3O2S2/c18-12-7-14(20)16(8-13(12)19)27(24,25)22-11-3-1-2-10(6-11)15-9-23-4-5-26-17(23)21-15/h1-9,22H. The van der Waals surface area contributed by atoms with Crippen LogP contribution in [0.4, 0.5) is 5.69 Å². The van der Waals surface area contributed by atoms with Gasteiger partial charge in [-0.2, -0.15) is 0 Å². The zero-order chi connectivity index (χ0) is 19.2. The summed E-state index contributed by atoms with van der Waals surface area (Å²) < 4.78 is 29.9. The molecule has 2 heterocycles. The number of rotatable bonds is 4. The SMILES string of the molecule is O=S(=O)(Nc1cccc(-c2cn3ccsc3n2)c1)c1cc(Cl)c(Cl)cc1Cl. The van der Waals surface area contributed by atoms with Gasteiger partial charge in [-0.1, -0.05) is 46.9 Å². The zero-order valence-electron chi connectivity index (χ0n) is 13.4. The molecule has 1 N–H and O–H groups in total. The Kier molecular flexibility index (Phi) is 4.82. The Bertz CT molecular complexity index is 1240. The smallest absolute Gasteiger partial charge is 0.263 e. The van der Waals surface area contributed by atoms with Crippen LogP contribution >= 0.6 is 46.1 Å². The maximum Gasteiger partial charge on any atom is 0.263 e. The largest absolute Gasteiger partial charge is 0.297 e. The lowest BCUT2D eigenvalue weighted by Crippen LogP contribution is -2.13. The van der Waals surface area contributed by atoms with Crippen molar-refractivity contribution in [1.82, 2.24) is 9.38 Å². The fourth-order valence-corrected chi connectivity index (χ4v) is 5.28. The van der Waals surface area contributed by atoms with Gasteiger partial charge in [0.05, 0.1) is 20.8 Å². The van der Waals surface area contributed by atoms with Gasteiger partial charge in [0, 0.05) is 29.0 Å². The summed E-state index contributed by atoms with van der Waals surface area (Å²) >= 11 is 19.4. The van der Waals surface area contributed by atoms with Crippen molar-refractivity contribution in [3.8, 4) is 11.3 Å². The molecule has 138 valence electrons. The summed E-state index contributed by atoms with van der Waals surface area (Å²) in [6, 6.07) is 9.48. The fourth-order valence-electron chi connectivity index (χ4n) is 2.53. The predicted octanol–water partition coefficient (Wildman–Crippen LogP) is 5.82. The van der Waals surface area contributed by atoms with Crippen LogP contribution < -0.4 is 4.72 Å². The quantitative estimate of drug-likeness (QED) is 0.392. The van der Waals surface area contributed by atoms with E-state index in [2.05, 4.69) is 9.71 Å². The Balaban J connectivity index is 1.68. The average molecular weight is 459 g/mol. The van der Waals surface area contributed by atoms with Gasteiger partial charge in [-0.3, -0.25) is 9.12 Å². The van der Waals surface area contributed by atoms with Gasteiger partial charge in [0.2, 0.25) is 0 Å². The Morgan fingerprint density at radius 1 is 1.04 bits per heavy atom. The zero-order valence-corrected chi connectivity index (χ0v) is 17.3. The number of imidazole rings is 1. The lowest BCUT2D eigenvalue weighted by molar-refractivity contribution is 0.601.